The lowest BCUT2D eigenvalue weighted by Gasteiger charge is -2.36. The minimum absolute atomic E-state index is 0.257. The van der Waals surface area contributed by atoms with Crippen molar-refractivity contribution in [2.24, 2.45) is 0 Å². The molecule has 5 nitrogen and oxygen atoms in total. The normalized spacial score (nSPS) is 15.8. The fraction of sp³-hybridized carbons (Fsp3) is 0.400. The molecule has 0 unspecified atom stereocenters. The molecule has 2 aromatic rings. The second-order valence-corrected chi connectivity index (χ2v) is 9.05. The van der Waals surface area contributed by atoms with Crippen LogP contribution in [0.1, 0.15) is 18.1 Å². The van der Waals surface area contributed by atoms with Crippen molar-refractivity contribution in [2.45, 2.75) is 25.7 Å². The number of piperazine rings is 1. The summed E-state index contributed by atoms with van der Waals surface area (Å²) in [4.78, 5) is 4.85. The smallest absolute Gasteiger partial charge is 0.261 e. The summed E-state index contributed by atoms with van der Waals surface area (Å²) in [6.45, 7) is 10.7. The van der Waals surface area contributed by atoms with Gasteiger partial charge in [-0.15, -0.1) is 0 Å². The highest BCUT2D eigenvalue weighted by Crippen LogP contribution is 2.32. The number of nitrogens with one attached hydrogen (secondary N) is 1. The van der Waals surface area contributed by atoms with E-state index >= 15 is 0 Å². The average molecular weight is 408 g/mol. The minimum Gasteiger partial charge on any atom is -0.367 e. The van der Waals surface area contributed by atoms with Crippen LogP contribution in [0.15, 0.2) is 41.3 Å². The highest BCUT2D eigenvalue weighted by molar-refractivity contribution is 7.92. The Morgan fingerprint density at radius 2 is 1.70 bits per heavy atom. The zero-order chi connectivity index (χ0) is 19.6. The van der Waals surface area contributed by atoms with Crippen molar-refractivity contribution in [3.63, 3.8) is 0 Å². The van der Waals surface area contributed by atoms with E-state index in [1.54, 1.807) is 24.3 Å². The first-order valence-electron chi connectivity index (χ1n) is 9.17. The van der Waals surface area contributed by atoms with Gasteiger partial charge in [0.05, 0.1) is 16.3 Å². The molecule has 27 heavy (non-hydrogen) atoms. The number of hydrogen-bond donors (Lipinski definition) is 1. The van der Waals surface area contributed by atoms with E-state index in [9.17, 15) is 8.42 Å². The Labute approximate surface area is 167 Å². The Kier molecular flexibility index (Phi) is 5.99. The van der Waals surface area contributed by atoms with Gasteiger partial charge in [0.2, 0.25) is 0 Å². The number of aryl methyl sites for hydroxylation is 2. The molecule has 0 spiro atoms. The van der Waals surface area contributed by atoms with Crippen molar-refractivity contribution in [3.8, 4) is 0 Å². The summed E-state index contributed by atoms with van der Waals surface area (Å²) in [5.41, 5.74) is 3.39. The fourth-order valence-corrected chi connectivity index (χ4v) is 4.58. The minimum atomic E-state index is -3.69. The van der Waals surface area contributed by atoms with E-state index in [1.165, 1.54) is 0 Å². The summed E-state index contributed by atoms with van der Waals surface area (Å²) >= 11 is 6.16. The molecule has 0 aliphatic carbocycles. The molecule has 1 fully saturated rings. The molecule has 1 aliphatic rings. The number of nitrogens with zero attached hydrogens (tertiary/aromatic N) is 2. The standard InChI is InChI=1S/C20H26ClN3O2S/c1-4-23-9-11-24(12-10-23)20-8-6-17(21)14-19(20)22-27(25,26)18-7-5-15(2)16(3)13-18/h5-8,13-14,22H,4,9-12H2,1-3H3. The van der Waals surface area contributed by atoms with Gasteiger partial charge in [0.15, 0.2) is 0 Å². The third kappa shape index (κ3) is 4.57. The van der Waals surface area contributed by atoms with Gasteiger partial charge in [0, 0.05) is 31.2 Å². The van der Waals surface area contributed by atoms with E-state index in [1.807, 2.05) is 26.0 Å². The van der Waals surface area contributed by atoms with Crippen molar-refractivity contribution in [2.75, 3.05) is 42.3 Å². The molecule has 146 valence electrons. The van der Waals surface area contributed by atoms with E-state index in [0.29, 0.717) is 10.7 Å². The SMILES string of the molecule is CCN1CCN(c2ccc(Cl)cc2NS(=O)(=O)c2ccc(C)c(C)c2)CC1. The second kappa shape index (κ2) is 8.09. The third-order valence-corrected chi connectivity index (χ3v) is 6.75. The Bertz CT molecular complexity index is 923. The van der Waals surface area contributed by atoms with Crippen LogP contribution in [0.25, 0.3) is 0 Å². The molecule has 0 bridgehead atoms. The van der Waals surface area contributed by atoms with Crippen molar-refractivity contribution in [3.05, 3.63) is 52.5 Å². The van der Waals surface area contributed by atoms with E-state index in [4.69, 9.17) is 11.6 Å². The van der Waals surface area contributed by atoms with E-state index in [-0.39, 0.29) is 4.90 Å². The van der Waals surface area contributed by atoms with Gasteiger partial charge in [-0.05, 0) is 61.9 Å². The Balaban J connectivity index is 1.90. The zero-order valence-corrected chi connectivity index (χ0v) is 17.6. The van der Waals surface area contributed by atoms with Gasteiger partial charge in [-0.1, -0.05) is 24.6 Å². The predicted molar refractivity (Wildman–Crippen MR) is 113 cm³/mol. The first-order chi connectivity index (χ1) is 12.8. The molecule has 1 N–H and O–H groups in total. The maximum Gasteiger partial charge on any atom is 0.261 e. The van der Waals surface area contributed by atoms with Crippen LogP contribution in [0.4, 0.5) is 11.4 Å². The van der Waals surface area contributed by atoms with Crippen LogP contribution < -0.4 is 9.62 Å². The van der Waals surface area contributed by atoms with Gasteiger partial charge in [-0.3, -0.25) is 4.72 Å². The molecule has 0 radical (unpaired) electrons. The molecule has 7 heteroatoms. The van der Waals surface area contributed by atoms with Gasteiger partial charge in [0.1, 0.15) is 0 Å². The number of rotatable bonds is 5. The summed E-state index contributed by atoms with van der Waals surface area (Å²) in [5.74, 6) is 0. The molecular weight excluding hydrogens is 382 g/mol. The van der Waals surface area contributed by atoms with E-state index in [2.05, 4.69) is 21.4 Å². The van der Waals surface area contributed by atoms with Gasteiger partial charge >= 0.3 is 0 Å². The van der Waals surface area contributed by atoms with E-state index < -0.39 is 10.0 Å². The van der Waals surface area contributed by atoms with E-state index in [0.717, 1.165) is 49.5 Å². The number of halogens is 1. The molecule has 0 atom stereocenters. The highest BCUT2D eigenvalue weighted by Gasteiger charge is 2.22. The lowest BCUT2D eigenvalue weighted by molar-refractivity contribution is 0.271. The van der Waals surface area contributed by atoms with Crippen molar-refractivity contribution < 1.29 is 8.42 Å². The number of benzene rings is 2. The van der Waals surface area contributed by atoms with Crippen molar-refractivity contribution in [1.29, 1.82) is 0 Å². The third-order valence-electron chi connectivity index (χ3n) is 5.15. The van der Waals surface area contributed by atoms with Crippen LogP contribution in [0.5, 0.6) is 0 Å². The van der Waals surface area contributed by atoms with Gasteiger partial charge < -0.3 is 9.80 Å². The fourth-order valence-electron chi connectivity index (χ4n) is 3.26. The molecule has 1 heterocycles. The largest absolute Gasteiger partial charge is 0.367 e. The number of hydrogen-bond acceptors (Lipinski definition) is 4. The summed E-state index contributed by atoms with van der Waals surface area (Å²) in [7, 11) is -3.69. The molecule has 1 saturated heterocycles. The number of likely N-dealkylation sites (N-methyl/N-ethyl adjacent to an activating group) is 1. The molecule has 0 saturated carbocycles. The van der Waals surface area contributed by atoms with Crippen LogP contribution in [0.2, 0.25) is 5.02 Å². The van der Waals surface area contributed by atoms with Gasteiger partial charge in [0.25, 0.3) is 10.0 Å². The topological polar surface area (TPSA) is 52.6 Å². The molecule has 3 rings (SSSR count). The van der Waals surface area contributed by atoms with Gasteiger partial charge in [-0.25, -0.2) is 8.42 Å². The van der Waals surface area contributed by atoms with Crippen molar-refractivity contribution in [1.82, 2.24) is 4.90 Å². The zero-order valence-electron chi connectivity index (χ0n) is 16.0. The van der Waals surface area contributed by atoms with Crippen LogP contribution in [0.3, 0.4) is 0 Å². The lowest BCUT2D eigenvalue weighted by atomic mass is 10.1. The summed E-state index contributed by atoms with van der Waals surface area (Å²) in [5, 5.41) is 0.503. The average Bonchev–Trinajstić information content (AvgIpc) is 2.64. The summed E-state index contributed by atoms with van der Waals surface area (Å²) < 4.78 is 28.6. The van der Waals surface area contributed by atoms with Crippen LogP contribution in [0, 0.1) is 13.8 Å². The molecule has 1 aliphatic heterocycles. The molecule has 0 amide bonds. The Morgan fingerprint density at radius 3 is 2.33 bits per heavy atom. The second-order valence-electron chi connectivity index (χ2n) is 6.93. The quantitative estimate of drug-likeness (QED) is 0.816. The van der Waals surface area contributed by atoms with Crippen LogP contribution in [-0.4, -0.2) is 46.0 Å². The van der Waals surface area contributed by atoms with Gasteiger partial charge in [-0.2, -0.15) is 0 Å². The number of anilines is 2. The first kappa shape index (κ1) is 20.0. The first-order valence-corrected chi connectivity index (χ1v) is 11.0. The maximum atomic E-state index is 12.9. The lowest BCUT2D eigenvalue weighted by Crippen LogP contribution is -2.46. The summed E-state index contributed by atoms with van der Waals surface area (Å²) in [6, 6.07) is 10.5. The Hall–Kier alpha value is -1.76. The maximum absolute atomic E-state index is 12.9. The highest BCUT2D eigenvalue weighted by atomic mass is 35.5. The van der Waals surface area contributed by atoms with Crippen molar-refractivity contribution >= 4 is 33.0 Å². The number of sulfonamides is 1. The monoisotopic (exact) mass is 407 g/mol. The molecular formula is C20H26ClN3O2S. The van der Waals surface area contributed by atoms with Crippen LogP contribution >= 0.6 is 11.6 Å². The molecule has 2 aromatic carbocycles. The Morgan fingerprint density at radius 1 is 1.00 bits per heavy atom. The summed E-state index contributed by atoms with van der Waals surface area (Å²) in [6.07, 6.45) is 0. The molecule has 0 aromatic heterocycles. The van der Waals surface area contributed by atoms with Crippen LogP contribution in [-0.2, 0) is 10.0 Å². The predicted octanol–water partition coefficient (Wildman–Crippen LogP) is 3.90.